The zero-order valence-corrected chi connectivity index (χ0v) is 13.4. The maximum Gasteiger partial charge on any atom is 0.350 e. The number of thiophene rings is 1. The van der Waals surface area contributed by atoms with Gasteiger partial charge in [0.25, 0.3) is 0 Å². The van der Waals surface area contributed by atoms with Crippen molar-refractivity contribution in [3.05, 3.63) is 32.1 Å². The van der Waals surface area contributed by atoms with Crippen LogP contribution in [0.15, 0.2) is 12.1 Å². The number of hydrogen-bond donors (Lipinski definition) is 0. The summed E-state index contributed by atoms with van der Waals surface area (Å²) in [4.78, 5) is 23.7. The molecule has 0 spiro atoms. The molecule has 2 aromatic rings. The highest BCUT2D eigenvalue weighted by atomic mass is 35.5. The number of ether oxygens (including phenoxy) is 2. The highest BCUT2D eigenvalue weighted by Crippen LogP contribution is 2.41. The fourth-order valence-corrected chi connectivity index (χ4v) is 4.26. The fourth-order valence-electron chi connectivity index (χ4n) is 2.01. The monoisotopic (exact) mass is 364 g/mol. The van der Waals surface area contributed by atoms with Gasteiger partial charge in [-0.05, 0) is 12.1 Å². The van der Waals surface area contributed by atoms with Crippen LogP contribution in [0, 0.1) is 0 Å². The van der Waals surface area contributed by atoms with Crippen LogP contribution in [0.1, 0.15) is 16.1 Å². The molecule has 1 fully saturated rings. The first-order chi connectivity index (χ1) is 9.97. The number of cyclic esters (lactones) is 1. The predicted octanol–water partition coefficient (Wildman–Crippen LogP) is 4.33. The molecule has 1 aromatic heterocycles. The van der Waals surface area contributed by atoms with Crippen LogP contribution in [-0.4, -0.2) is 24.6 Å². The van der Waals surface area contributed by atoms with Crippen molar-refractivity contribution in [1.82, 2.24) is 0 Å². The number of hydrogen-bond acceptors (Lipinski definition) is 5. The quantitative estimate of drug-likeness (QED) is 0.743. The van der Waals surface area contributed by atoms with Crippen LogP contribution in [0.5, 0.6) is 0 Å². The number of rotatable bonds is 2. The molecule has 0 unspecified atom stereocenters. The van der Waals surface area contributed by atoms with Crippen molar-refractivity contribution in [2.75, 3.05) is 6.61 Å². The number of benzene rings is 1. The maximum absolute atomic E-state index is 12.2. The van der Waals surface area contributed by atoms with E-state index in [4.69, 9.17) is 44.3 Å². The molecule has 2 heterocycles. The summed E-state index contributed by atoms with van der Waals surface area (Å²) in [6, 6.07) is 3.22. The summed E-state index contributed by atoms with van der Waals surface area (Å²) in [7, 11) is 0. The zero-order chi connectivity index (χ0) is 15.1. The number of fused-ring (bicyclic) bond motifs is 1. The molecule has 1 aromatic carbocycles. The van der Waals surface area contributed by atoms with Gasteiger partial charge in [-0.1, -0.05) is 34.8 Å². The second kappa shape index (κ2) is 5.65. The average Bonchev–Trinajstić information content (AvgIpc) is 2.94. The third-order valence-electron chi connectivity index (χ3n) is 2.97. The molecule has 1 aliphatic rings. The van der Waals surface area contributed by atoms with Crippen LogP contribution < -0.4 is 0 Å². The summed E-state index contributed by atoms with van der Waals surface area (Å²) in [5, 5.41) is 1.56. The van der Waals surface area contributed by atoms with Gasteiger partial charge in [0.15, 0.2) is 0 Å². The molecule has 1 saturated heterocycles. The Balaban J connectivity index is 1.97. The minimum atomic E-state index is -0.877. The number of carbonyl (C=O) groups is 2. The molecule has 8 heteroatoms. The largest absolute Gasteiger partial charge is 0.463 e. The molecule has 0 saturated carbocycles. The number of esters is 2. The van der Waals surface area contributed by atoms with Crippen LogP contribution in [0.3, 0.4) is 0 Å². The van der Waals surface area contributed by atoms with E-state index in [2.05, 4.69) is 0 Å². The summed E-state index contributed by atoms with van der Waals surface area (Å²) in [5.41, 5.74) is 0. The van der Waals surface area contributed by atoms with Crippen molar-refractivity contribution >= 4 is 68.2 Å². The highest BCUT2D eigenvalue weighted by molar-refractivity contribution is 7.21. The van der Waals surface area contributed by atoms with Gasteiger partial charge in [0.2, 0.25) is 6.10 Å². The Kier molecular flexibility index (Phi) is 4.01. The Hall–Kier alpha value is -1.01. The molecule has 1 aliphatic heterocycles. The van der Waals surface area contributed by atoms with Crippen molar-refractivity contribution in [3.63, 3.8) is 0 Å². The third kappa shape index (κ3) is 2.71. The summed E-state index contributed by atoms with van der Waals surface area (Å²) >= 11 is 19.3. The molecule has 3 rings (SSSR count). The van der Waals surface area contributed by atoms with Crippen molar-refractivity contribution < 1.29 is 19.1 Å². The standard InChI is InChI=1S/C13H7Cl3O4S/c14-5-3-6(15)9-8(4-5)21-11(10(9)16)13(18)20-7-1-2-19-12(7)17/h3-4,7H,1-2H2/t7-/m1/s1. The molecule has 0 bridgehead atoms. The Labute approximate surface area is 138 Å². The Morgan fingerprint density at radius 1 is 1.33 bits per heavy atom. The van der Waals surface area contributed by atoms with E-state index < -0.39 is 18.0 Å². The molecular weight excluding hydrogens is 359 g/mol. The summed E-state index contributed by atoms with van der Waals surface area (Å²) in [6.45, 7) is 0.248. The van der Waals surface area contributed by atoms with Gasteiger partial charge in [-0.15, -0.1) is 11.3 Å². The highest BCUT2D eigenvalue weighted by Gasteiger charge is 2.32. The van der Waals surface area contributed by atoms with Crippen LogP contribution >= 0.6 is 46.1 Å². The van der Waals surface area contributed by atoms with Gasteiger partial charge in [-0.2, -0.15) is 0 Å². The fraction of sp³-hybridized carbons (Fsp3) is 0.231. The maximum atomic E-state index is 12.2. The molecule has 0 amide bonds. The SMILES string of the molecule is O=C(O[C@@H]1CCOC1=O)c1sc2cc(Cl)cc(Cl)c2c1Cl. The van der Waals surface area contributed by atoms with Crippen LogP contribution in [0.25, 0.3) is 10.1 Å². The van der Waals surface area contributed by atoms with Gasteiger partial charge in [-0.3, -0.25) is 0 Å². The molecule has 0 N–H and O–H groups in total. The van der Waals surface area contributed by atoms with Gasteiger partial charge in [-0.25, -0.2) is 9.59 Å². The first-order valence-corrected chi connectivity index (χ1v) is 7.87. The molecule has 21 heavy (non-hydrogen) atoms. The lowest BCUT2D eigenvalue weighted by Crippen LogP contribution is -2.22. The second-order valence-corrected chi connectivity index (χ2v) is 6.63. The molecular formula is C13H7Cl3O4S. The van der Waals surface area contributed by atoms with Gasteiger partial charge >= 0.3 is 11.9 Å². The molecule has 4 nitrogen and oxygen atoms in total. The van der Waals surface area contributed by atoms with E-state index in [9.17, 15) is 9.59 Å². The van der Waals surface area contributed by atoms with Crippen molar-refractivity contribution in [3.8, 4) is 0 Å². The van der Waals surface area contributed by atoms with E-state index in [1.54, 1.807) is 12.1 Å². The van der Waals surface area contributed by atoms with Gasteiger partial charge in [0.05, 0.1) is 16.7 Å². The minimum absolute atomic E-state index is 0.190. The van der Waals surface area contributed by atoms with Crippen LogP contribution in [0.2, 0.25) is 15.1 Å². The Morgan fingerprint density at radius 3 is 2.76 bits per heavy atom. The Morgan fingerprint density at radius 2 is 2.10 bits per heavy atom. The predicted molar refractivity (Wildman–Crippen MR) is 81.6 cm³/mol. The van der Waals surface area contributed by atoms with E-state index in [1.165, 1.54) is 0 Å². The lowest BCUT2D eigenvalue weighted by molar-refractivity contribution is -0.145. The van der Waals surface area contributed by atoms with E-state index in [0.717, 1.165) is 11.3 Å². The normalized spacial score (nSPS) is 18.0. The first kappa shape index (κ1) is 14.9. The summed E-state index contributed by atoms with van der Waals surface area (Å²) < 4.78 is 10.5. The van der Waals surface area contributed by atoms with E-state index in [-0.39, 0.29) is 16.5 Å². The van der Waals surface area contributed by atoms with Gasteiger partial charge in [0.1, 0.15) is 4.88 Å². The van der Waals surface area contributed by atoms with E-state index >= 15 is 0 Å². The van der Waals surface area contributed by atoms with Crippen LogP contribution in [0.4, 0.5) is 0 Å². The summed E-state index contributed by atoms with van der Waals surface area (Å²) in [5.74, 6) is -1.21. The van der Waals surface area contributed by atoms with Gasteiger partial charge in [0, 0.05) is 21.5 Å². The third-order valence-corrected chi connectivity index (χ3v) is 5.09. The van der Waals surface area contributed by atoms with Crippen LogP contribution in [-0.2, 0) is 14.3 Å². The van der Waals surface area contributed by atoms with E-state index in [1.807, 2.05) is 0 Å². The molecule has 0 aliphatic carbocycles. The second-order valence-electron chi connectivity index (χ2n) is 4.36. The van der Waals surface area contributed by atoms with Crippen molar-refractivity contribution in [1.29, 1.82) is 0 Å². The molecule has 110 valence electrons. The number of carbonyl (C=O) groups excluding carboxylic acids is 2. The topological polar surface area (TPSA) is 52.6 Å². The minimum Gasteiger partial charge on any atom is -0.463 e. The lowest BCUT2D eigenvalue weighted by Gasteiger charge is -2.06. The Bertz CT molecular complexity index is 755. The van der Waals surface area contributed by atoms with Gasteiger partial charge < -0.3 is 9.47 Å². The smallest absolute Gasteiger partial charge is 0.350 e. The lowest BCUT2D eigenvalue weighted by atomic mass is 10.2. The first-order valence-electron chi connectivity index (χ1n) is 5.92. The summed E-state index contributed by atoms with van der Waals surface area (Å²) in [6.07, 6.45) is -0.530. The zero-order valence-electron chi connectivity index (χ0n) is 10.3. The van der Waals surface area contributed by atoms with E-state index in [0.29, 0.717) is 26.6 Å². The number of halogens is 3. The molecule has 0 radical (unpaired) electrons. The van der Waals surface area contributed by atoms with Crippen molar-refractivity contribution in [2.24, 2.45) is 0 Å². The molecule has 1 atom stereocenters. The van der Waals surface area contributed by atoms with Crippen molar-refractivity contribution in [2.45, 2.75) is 12.5 Å². The average molecular weight is 366 g/mol.